The van der Waals surface area contributed by atoms with Gasteiger partial charge in [0.05, 0.1) is 6.61 Å². The highest BCUT2D eigenvalue weighted by atomic mass is 16.5. The average molecular weight is 277 g/mol. The molecule has 0 aliphatic heterocycles. The van der Waals surface area contributed by atoms with Crippen molar-refractivity contribution in [2.75, 3.05) is 26.4 Å². The van der Waals surface area contributed by atoms with E-state index in [9.17, 15) is 0 Å². The first-order chi connectivity index (χ1) is 9.85. The average Bonchev–Trinajstić information content (AvgIpc) is 2.86. The highest BCUT2D eigenvalue weighted by Crippen LogP contribution is 2.33. The van der Waals surface area contributed by atoms with E-state index in [1.807, 2.05) is 0 Å². The SMILES string of the molecule is CCCCOCCOc1ccc2c(c1)CCC2NCC. The lowest BCUT2D eigenvalue weighted by Crippen LogP contribution is -2.18. The predicted octanol–water partition coefficient (Wildman–Crippen LogP) is 3.48. The third-order valence-electron chi connectivity index (χ3n) is 3.78. The smallest absolute Gasteiger partial charge is 0.119 e. The lowest BCUT2D eigenvalue weighted by Gasteiger charge is -2.13. The molecule has 3 heteroatoms. The van der Waals surface area contributed by atoms with Crippen LogP contribution < -0.4 is 10.1 Å². The van der Waals surface area contributed by atoms with E-state index >= 15 is 0 Å². The van der Waals surface area contributed by atoms with Crippen molar-refractivity contribution in [2.24, 2.45) is 0 Å². The van der Waals surface area contributed by atoms with Gasteiger partial charge < -0.3 is 14.8 Å². The van der Waals surface area contributed by atoms with E-state index in [0.717, 1.165) is 31.7 Å². The second-order valence-electron chi connectivity index (χ2n) is 5.32. The van der Waals surface area contributed by atoms with Crippen LogP contribution in [-0.4, -0.2) is 26.4 Å². The summed E-state index contributed by atoms with van der Waals surface area (Å²) in [5.41, 5.74) is 2.87. The van der Waals surface area contributed by atoms with Gasteiger partial charge in [-0.05, 0) is 49.1 Å². The first-order valence-corrected chi connectivity index (χ1v) is 7.92. The number of ether oxygens (including phenoxy) is 2. The third kappa shape index (κ3) is 4.22. The van der Waals surface area contributed by atoms with E-state index in [4.69, 9.17) is 9.47 Å². The molecule has 0 fully saturated rings. The fourth-order valence-electron chi connectivity index (χ4n) is 2.71. The molecule has 112 valence electrons. The Morgan fingerprint density at radius 3 is 2.90 bits per heavy atom. The molecule has 1 N–H and O–H groups in total. The molecule has 0 radical (unpaired) electrons. The molecule has 0 aromatic heterocycles. The molecule has 1 atom stereocenters. The molecule has 2 rings (SSSR count). The minimum absolute atomic E-state index is 0.529. The number of hydrogen-bond donors (Lipinski definition) is 1. The van der Waals surface area contributed by atoms with Crippen LogP contribution in [0.25, 0.3) is 0 Å². The monoisotopic (exact) mass is 277 g/mol. The summed E-state index contributed by atoms with van der Waals surface area (Å²) >= 11 is 0. The number of benzene rings is 1. The van der Waals surface area contributed by atoms with Gasteiger partial charge in [-0.1, -0.05) is 26.3 Å². The molecule has 1 aliphatic rings. The number of rotatable bonds is 9. The van der Waals surface area contributed by atoms with Gasteiger partial charge in [0, 0.05) is 12.6 Å². The molecule has 1 unspecified atom stereocenters. The molecular weight excluding hydrogens is 250 g/mol. The first kappa shape index (κ1) is 15.3. The van der Waals surface area contributed by atoms with Gasteiger partial charge in [-0.25, -0.2) is 0 Å². The van der Waals surface area contributed by atoms with Crippen LogP contribution in [0.3, 0.4) is 0 Å². The number of hydrogen-bond acceptors (Lipinski definition) is 3. The van der Waals surface area contributed by atoms with Crippen LogP contribution in [0.4, 0.5) is 0 Å². The van der Waals surface area contributed by atoms with Crippen molar-refractivity contribution in [2.45, 2.75) is 45.6 Å². The van der Waals surface area contributed by atoms with E-state index in [1.165, 1.54) is 24.0 Å². The Morgan fingerprint density at radius 2 is 2.10 bits per heavy atom. The minimum atomic E-state index is 0.529. The zero-order valence-electron chi connectivity index (χ0n) is 12.8. The maximum atomic E-state index is 5.76. The third-order valence-corrected chi connectivity index (χ3v) is 3.78. The number of unbranched alkanes of at least 4 members (excludes halogenated alkanes) is 1. The fourth-order valence-corrected chi connectivity index (χ4v) is 2.71. The van der Waals surface area contributed by atoms with Crippen LogP contribution in [0, 0.1) is 0 Å². The molecule has 0 saturated heterocycles. The Bertz CT molecular complexity index is 406. The molecule has 0 spiro atoms. The Morgan fingerprint density at radius 1 is 1.20 bits per heavy atom. The fraction of sp³-hybridized carbons (Fsp3) is 0.647. The van der Waals surface area contributed by atoms with Crippen LogP contribution in [0.1, 0.15) is 50.3 Å². The van der Waals surface area contributed by atoms with Crippen LogP contribution in [0.2, 0.25) is 0 Å². The van der Waals surface area contributed by atoms with Crippen molar-refractivity contribution < 1.29 is 9.47 Å². The van der Waals surface area contributed by atoms with E-state index in [1.54, 1.807) is 0 Å². The van der Waals surface area contributed by atoms with Crippen molar-refractivity contribution in [3.05, 3.63) is 29.3 Å². The topological polar surface area (TPSA) is 30.5 Å². The molecule has 1 aromatic rings. The zero-order valence-corrected chi connectivity index (χ0v) is 12.8. The molecule has 1 aromatic carbocycles. The van der Waals surface area contributed by atoms with Crippen LogP contribution >= 0.6 is 0 Å². The number of fused-ring (bicyclic) bond motifs is 1. The summed E-state index contributed by atoms with van der Waals surface area (Å²) in [6.07, 6.45) is 4.66. The number of aryl methyl sites for hydroxylation is 1. The molecular formula is C17H27NO2. The van der Waals surface area contributed by atoms with Gasteiger partial charge in [0.2, 0.25) is 0 Å². The van der Waals surface area contributed by atoms with Gasteiger partial charge >= 0.3 is 0 Å². The van der Waals surface area contributed by atoms with Crippen molar-refractivity contribution >= 4 is 0 Å². The molecule has 0 amide bonds. The maximum Gasteiger partial charge on any atom is 0.119 e. The van der Waals surface area contributed by atoms with Crippen molar-refractivity contribution in [1.29, 1.82) is 0 Å². The van der Waals surface area contributed by atoms with Crippen molar-refractivity contribution in [3.63, 3.8) is 0 Å². The summed E-state index contributed by atoms with van der Waals surface area (Å²) < 4.78 is 11.3. The van der Waals surface area contributed by atoms with Crippen LogP contribution in [-0.2, 0) is 11.2 Å². The summed E-state index contributed by atoms with van der Waals surface area (Å²) in [6, 6.07) is 7.02. The van der Waals surface area contributed by atoms with E-state index in [2.05, 4.69) is 37.4 Å². The summed E-state index contributed by atoms with van der Waals surface area (Å²) in [5, 5.41) is 3.53. The van der Waals surface area contributed by atoms with Crippen LogP contribution in [0.5, 0.6) is 5.75 Å². The van der Waals surface area contributed by atoms with Crippen molar-refractivity contribution in [3.8, 4) is 5.75 Å². The zero-order chi connectivity index (χ0) is 14.2. The van der Waals surface area contributed by atoms with E-state index < -0.39 is 0 Å². The highest BCUT2D eigenvalue weighted by Gasteiger charge is 2.21. The summed E-state index contributed by atoms with van der Waals surface area (Å²) in [6.45, 7) is 7.52. The van der Waals surface area contributed by atoms with E-state index in [0.29, 0.717) is 19.3 Å². The Hall–Kier alpha value is -1.06. The number of nitrogens with one attached hydrogen (secondary N) is 1. The molecule has 20 heavy (non-hydrogen) atoms. The van der Waals surface area contributed by atoms with Gasteiger partial charge in [0.25, 0.3) is 0 Å². The Kier molecular flexibility index (Phi) is 6.34. The molecule has 3 nitrogen and oxygen atoms in total. The Labute approximate surface area is 122 Å². The van der Waals surface area contributed by atoms with Crippen LogP contribution in [0.15, 0.2) is 18.2 Å². The van der Waals surface area contributed by atoms with Gasteiger partial charge in [-0.15, -0.1) is 0 Å². The lowest BCUT2D eigenvalue weighted by atomic mass is 10.1. The van der Waals surface area contributed by atoms with Gasteiger partial charge in [-0.2, -0.15) is 0 Å². The Balaban J connectivity index is 1.77. The lowest BCUT2D eigenvalue weighted by molar-refractivity contribution is 0.0980. The normalized spacial score (nSPS) is 17.2. The van der Waals surface area contributed by atoms with E-state index in [-0.39, 0.29) is 0 Å². The highest BCUT2D eigenvalue weighted by molar-refractivity contribution is 5.40. The van der Waals surface area contributed by atoms with Crippen molar-refractivity contribution in [1.82, 2.24) is 5.32 Å². The minimum Gasteiger partial charge on any atom is -0.491 e. The second kappa shape index (κ2) is 8.28. The standard InChI is InChI=1S/C17H27NO2/c1-3-5-10-19-11-12-20-15-7-8-16-14(13-15)6-9-17(16)18-4-2/h7-8,13,17-18H,3-6,9-12H2,1-2H3. The summed E-state index contributed by atoms with van der Waals surface area (Å²) in [7, 11) is 0. The first-order valence-electron chi connectivity index (χ1n) is 7.92. The molecule has 0 heterocycles. The maximum absolute atomic E-state index is 5.76. The summed E-state index contributed by atoms with van der Waals surface area (Å²) in [4.78, 5) is 0. The van der Waals surface area contributed by atoms with Gasteiger partial charge in [0.15, 0.2) is 0 Å². The molecule has 0 saturated carbocycles. The largest absolute Gasteiger partial charge is 0.491 e. The molecule has 1 aliphatic carbocycles. The second-order valence-corrected chi connectivity index (χ2v) is 5.32. The molecule has 0 bridgehead atoms. The van der Waals surface area contributed by atoms with Gasteiger partial charge in [0.1, 0.15) is 12.4 Å². The predicted molar refractivity (Wildman–Crippen MR) is 82.4 cm³/mol. The van der Waals surface area contributed by atoms with Gasteiger partial charge in [-0.3, -0.25) is 0 Å². The summed E-state index contributed by atoms with van der Waals surface area (Å²) in [5.74, 6) is 0.972. The quantitative estimate of drug-likeness (QED) is 0.701.